The van der Waals surface area contributed by atoms with Crippen molar-refractivity contribution in [2.45, 2.75) is 13.0 Å². The number of amides is 1. The number of carbonyl (C=O) groups is 1. The molecule has 4 aromatic rings. The van der Waals surface area contributed by atoms with Crippen molar-refractivity contribution < 1.29 is 4.79 Å². The number of nitrogens with one attached hydrogen (secondary N) is 1. The van der Waals surface area contributed by atoms with Crippen LogP contribution in [0.15, 0.2) is 79.3 Å². The number of nitrogens with zero attached hydrogens (tertiary/aromatic N) is 3. The molecule has 0 spiro atoms. The molecule has 5 nitrogen and oxygen atoms in total. The summed E-state index contributed by atoms with van der Waals surface area (Å²) in [5.41, 5.74) is 4.55. The first-order chi connectivity index (χ1) is 12.7. The standard InChI is InChI=1S/C21H18N4O/c1-15-5-7-16(8-6-15)20(17-9-12-22-13-10-17)24-21(26)19-4-2-3-18-11-14-23-25(18)19/h2-14,20H,1H3,(H,24,26)/t20-/m0/s1. The van der Waals surface area contributed by atoms with E-state index in [1.165, 1.54) is 5.56 Å². The van der Waals surface area contributed by atoms with Gasteiger partial charge in [-0.15, -0.1) is 0 Å². The second kappa shape index (κ2) is 6.80. The summed E-state index contributed by atoms with van der Waals surface area (Å²) < 4.78 is 1.65. The van der Waals surface area contributed by atoms with Crippen molar-refractivity contribution in [2.24, 2.45) is 0 Å². The summed E-state index contributed by atoms with van der Waals surface area (Å²) in [5.74, 6) is -0.179. The molecule has 0 fully saturated rings. The van der Waals surface area contributed by atoms with Crippen molar-refractivity contribution in [2.75, 3.05) is 0 Å². The number of benzene rings is 1. The number of hydrogen-bond donors (Lipinski definition) is 1. The first kappa shape index (κ1) is 16.0. The van der Waals surface area contributed by atoms with Crippen molar-refractivity contribution in [3.8, 4) is 0 Å². The van der Waals surface area contributed by atoms with Crippen LogP contribution < -0.4 is 5.32 Å². The van der Waals surface area contributed by atoms with Crippen LogP contribution in [0.25, 0.3) is 5.52 Å². The van der Waals surface area contributed by atoms with Gasteiger partial charge in [0, 0.05) is 12.4 Å². The Morgan fingerprint density at radius 2 is 1.65 bits per heavy atom. The Kier molecular flexibility index (Phi) is 4.19. The number of pyridine rings is 2. The smallest absolute Gasteiger partial charge is 0.270 e. The maximum absolute atomic E-state index is 13.0. The van der Waals surface area contributed by atoms with E-state index >= 15 is 0 Å². The lowest BCUT2D eigenvalue weighted by molar-refractivity contribution is 0.0935. The molecular formula is C21H18N4O. The van der Waals surface area contributed by atoms with Gasteiger partial charge in [-0.05, 0) is 48.4 Å². The molecule has 5 heteroatoms. The topological polar surface area (TPSA) is 59.3 Å². The van der Waals surface area contributed by atoms with Crippen LogP contribution in [0.5, 0.6) is 0 Å². The van der Waals surface area contributed by atoms with Gasteiger partial charge in [0.05, 0.1) is 17.8 Å². The predicted molar refractivity (Wildman–Crippen MR) is 99.9 cm³/mol. The molecule has 0 unspecified atom stereocenters. The Bertz CT molecular complexity index is 1040. The van der Waals surface area contributed by atoms with Gasteiger partial charge in [-0.2, -0.15) is 5.10 Å². The second-order valence-electron chi connectivity index (χ2n) is 6.18. The highest BCUT2D eigenvalue weighted by Gasteiger charge is 2.19. The van der Waals surface area contributed by atoms with E-state index in [1.54, 1.807) is 29.2 Å². The van der Waals surface area contributed by atoms with Gasteiger partial charge >= 0.3 is 0 Å². The predicted octanol–water partition coefficient (Wildman–Crippen LogP) is 3.56. The van der Waals surface area contributed by atoms with Crippen LogP contribution in [0, 0.1) is 6.92 Å². The van der Waals surface area contributed by atoms with E-state index in [1.807, 2.05) is 61.5 Å². The van der Waals surface area contributed by atoms with Crippen LogP contribution in [-0.2, 0) is 0 Å². The Balaban J connectivity index is 1.72. The molecule has 1 aromatic carbocycles. The van der Waals surface area contributed by atoms with Gasteiger partial charge in [0.1, 0.15) is 5.69 Å². The highest BCUT2D eigenvalue weighted by Crippen LogP contribution is 2.22. The second-order valence-corrected chi connectivity index (χ2v) is 6.18. The third kappa shape index (κ3) is 3.07. The van der Waals surface area contributed by atoms with E-state index in [4.69, 9.17) is 0 Å². The summed E-state index contributed by atoms with van der Waals surface area (Å²) in [6.45, 7) is 2.04. The van der Waals surface area contributed by atoms with Crippen LogP contribution >= 0.6 is 0 Å². The van der Waals surface area contributed by atoms with Crippen molar-refractivity contribution in [1.29, 1.82) is 0 Å². The summed E-state index contributed by atoms with van der Waals surface area (Å²) in [6, 6.07) is 19.2. The molecule has 3 aromatic heterocycles. The van der Waals surface area contributed by atoms with E-state index < -0.39 is 0 Å². The number of hydrogen-bond acceptors (Lipinski definition) is 3. The maximum atomic E-state index is 13.0. The van der Waals surface area contributed by atoms with E-state index in [0.717, 1.165) is 16.6 Å². The average Bonchev–Trinajstić information content (AvgIpc) is 3.16. The van der Waals surface area contributed by atoms with Crippen LogP contribution in [0.1, 0.15) is 33.2 Å². The Morgan fingerprint density at radius 3 is 2.42 bits per heavy atom. The first-order valence-corrected chi connectivity index (χ1v) is 8.42. The Morgan fingerprint density at radius 1 is 0.923 bits per heavy atom. The van der Waals surface area contributed by atoms with Crippen LogP contribution in [0.4, 0.5) is 0 Å². The monoisotopic (exact) mass is 342 g/mol. The number of carbonyl (C=O) groups excluding carboxylic acids is 1. The van der Waals surface area contributed by atoms with Gasteiger partial charge in [0.2, 0.25) is 0 Å². The molecular weight excluding hydrogens is 324 g/mol. The van der Waals surface area contributed by atoms with Crippen molar-refractivity contribution in [1.82, 2.24) is 19.9 Å². The fourth-order valence-electron chi connectivity index (χ4n) is 3.00. The van der Waals surface area contributed by atoms with Crippen LogP contribution in [-0.4, -0.2) is 20.5 Å². The summed E-state index contributed by atoms with van der Waals surface area (Å²) in [7, 11) is 0. The maximum Gasteiger partial charge on any atom is 0.270 e. The fraction of sp³-hybridized carbons (Fsp3) is 0.0952. The highest BCUT2D eigenvalue weighted by molar-refractivity contribution is 5.93. The van der Waals surface area contributed by atoms with E-state index in [0.29, 0.717) is 5.69 Å². The zero-order valence-electron chi connectivity index (χ0n) is 14.3. The molecule has 26 heavy (non-hydrogen) atoms. The molecule has 0 saturated carbocycles. The summed E-state index contributed by atoms with van der Waals surface area (Å²) >= 11 is 0. The lowest BCUT2D eigenvalue weighted by atomic mass is 9.98. The van der Waals surface area contributed by atoms with Gasteiger partial charge in [-0.25, -0.2) is 4.52 Å². The molecule has 1 atom stereocenters. The summed E-state index contributed by atoms with van der Waals surface area (Å²) in [6.07, 6.45) is 5.15. The third-order valence-corrected chi connectivity index (χ3v) is 4.38. The molecule has 0 radical (unpaired) electrons. The lowest BCUT2D eigenvalue weighted by Crippen LogP contribution is -2.30. The molecule has 1 amide bonds. The van der Waals surface area contributed by atoms with Crippen molar-refractivity contribution in [3.05, 3.63) is 102 Å². The molecule has 3 heterocycles. The molecule has 128 valence electrons. The first-order valence-electron chi connectivity index (χ1n) is 8.42. The van der Waals surface area contributed by atoms with Crippen LogP contribution in [0.2, 0.25) is 0 Å². The minimum Gasteiger partial charge on any atom is -0.340 e. The third-order valence-electron chi connectivity index (χ3n) is 4.38. The van der Waals surface area contributed by atoms with E-state index in [2.05, 4.69) is 15.4 Å². The van der Waals surface area contributed by atoms with Crippen LogP contribution in [0.3, 0.4) is 0 Å². The molecule has 1 N–H and O–H groups in total. The van der Waals surface area contributed by atoms with Gasteiger partial charge in [-0.3, -0.25) is 9.78 Å². The minimum atomic E-state index is -0.267. The summed E-state index contributed by atoms with van der Waals surface area (Å²) in [5, 5.41) is 7.39. The fourth-order valence-corrected chi connectivity index (χ4v) is 3.00. The van der Waals surface area contributed by atoms with Crippen molar-refractivity contribution in [3.63, 3.8) is 0 Å². The quantitative estimate of drug-likeness (QED) is 0.617. The van der Waals surface area contributed by atoms with Gasteiger partial charge in [0.25, 0.3) is 5.91 Å². The lowest BCUT2D eigenvalue weighted by Gasteiger charge is -2.20. The normalized spacial score (nSPS) is 12.0. The van der Waals surface area contributed by atoms with E-state index in [9.17, 15) is 4.79 Å². The average molecular weight is 342 g/mol. The Hall–Kier alpha value is -3.47. The van der Waals surface area contributed by atoms with Gasteiger partial charge in [0.15, 0.2) is 0 Å². The number of aromatic nitrogens is 3. The largest absolute Gasteiger partial charge is 0.340 e. The number of aryl methyl sites for hydroxylation is 1. The van der Waals surface area contributed by atoms with Gasteiger partial charge in [-0.1, -0.05) is 35.9 Å². The molecule has 0 aliphatic carbocycles. The molecule has 4 rings (SSSR count). The molecule has 0 aliphatic rings. The molecule has 0 saturated heterocycles. The molecule has 0 aliphatic heterocycles. The number of fused-ring (bicyclic) bond motifs is 1. The van der Waals surface area contributed by atoms with Gasteiger partial charge < -0.3 is 5.32 Å². The zero-order valence-corrected chi connectivity index (χ0v) is 14.3. The minimum absolute atomic E-state index is 0.179. The SMILES string of the molecule is Cc1ccc([C@H](NC(=O)c2cccc3ccnn23)c2ccncc2)cc1. The highest BCUT2D eigenvalue weighted by atomic mass is 16.2. The van der Waals surface area contributed by atoms with E-state index in [-0.39, 0.29) is 11.9 Å². The molecule has 0 bridgehead atoms. The van der Waals surface area contributed by atoms with Crippen molar-refractivity contribution >= 4 is 11.4 Å². The summed E-state index contributed by atoms with van der Waals surface area (Å²) in [4.78, 5) is 17.1. The number of rotatable bonds is 4. The Labute approximate surface area is 151 Å². The zero-order chi connectivity index (χ0) is 17.9.